The predicted octanol–water partition coefficient (Wildman–Crippen LogP) is 3.80. The van der Waals surface area contributed by atoms with Crippen molar-refractivity contribution >= 4 is 17.3 Å². The third-order valence-corrected chi connectivity index (χ3v) is 2.84. The number of anilines is 1. The molecule has 92 valence electrons. The Kier molecular flexibility index (Phi) is 5.86. The topological polar surface area (TPSA) is 27.0 Å². The number of rotatable bonds is 6. The van der Waals surface area contributed by atoms with Crippen LogP contribution in [0.15, 0.2) is 24.3 Å². The van der Waals surface area contributed by atoms with Gasteiger partial charge in [-0.2, -0.15) is 5.26 Å². The molecule has 0 radical (unpaired) electrons. The quantitative estimate of drug-likeness (QED) is 0.718. The Balaban J connectivity index is 2.76. The van der Waals surface area contributed by atoms with Gasteiger partial charge in [0.25, 0.3) is 0 Å². The molecular weight excluding hydrogens is 232 g/mol. The molecular formula is C14H19ClN2. The third kappa shape index (κ3) is 4.66. The second-order valence-corrected chi connectivity index (χ2v) is 4.82. The minimum Gasteiger partial charge on any atom is -0.370 e. The van der Waals surface area contributed by atoms with Gasteiger partial charge in [0.05, 0.1) is 12.5 Å². The summed E-state index contributed by atoms with van der Waals surface area (Å²) in [5.41, 5.74) is 2.29. The van der Waals surface area contributed by atoms with Crippen LogP contribution >= 0.6 is 11.6 Å². The van der Waals surface area contributed by atoms with Gasteiger partial charge in [-0.15, -0.1) is 11.6 Å². The van der Waals surface area contributed by atoms with Gasteiger partial charge in [-0.3, -0.25) is 0 Å². The number of nitriles is 1. The molecule has 0 N–H and O–H groups in total. The first-order chi connectivity index (χ1) is 8.17. The summed E-state index contributed by atoms with van der Waals surface area (Å²) in [5, 5.41) is 8.68. The fraction of sp³-hybridized carbons (Fsp3) is 0.500. The largest absolute Gasteiger partial charge is 0.370 e. The van der Waals surface area contributed by atoms with Crippen LogP contribution < -0.4 is 4.90 Å². The van der Waals surface area contributed by atoms with E-state index in [0.29, 0.717) is 18.2 Å². The lowest BCUT2D eigenvalue weighted by Gasteiger charge is -2.26. The molecule has 17 heavy (non-hydrogen) atoms. The molecule has 0 saturated carbocycles. The van der Waals surface area contributed by atoms with Gasteiger partial charge in [0.15, 0.2) is 0 Å². The highest BCUT2D eigenvalue weighted by molar-refractivity contribution is 6.17. The standard InChI is InChI=1S/C14H19ClN2/c1-12(2)11-17(9-3-8-16)14-6-4-13(10-15)5-7-14/h4-7,12H,3,9-11H2,1-2H3. The van der Waals surface area contributed by atoms with E-state index in [9.17, 15) is 0 Å². The zero-order valence-electron chi connectivity index (χ0n) is 10.5. The molecule has 0 bridgehead atoms. The lowest BCUT2D eigenvalue weighted by atomic mass is 10.1. The predicted molar refractivity (Wildman–Crippen MR) is 73.3 cm³/mol. The first-order valence-electron chi connectivity index (χ1n) is 5.94. The smallest absolute Gasteiger partial charge is 0.0640 e. The van der Waals surface area contributed by atoms with Crippen molar-refractivity contribution in [3.05, 3.63) is 29.8 Å². The SMILES string of the molecule is CC(C)CN(CCC#N)c1ccc(CCl)cc1. The van der Waals surface area contributed by atoms with E-state index in [-0.39, 0.29) is 0 Å². The molecule has 1 aromatic rings. The molecule has 0 aliphatic heterocycles. The van der Waals surface area contributed by atoms with E-state index in [0.717, 1.165) is 18.7 Å². The molecule has 0 fully saturated rings. The van der Waals surface area contributed by atoms with E-state index in [1.54, 1.807) is 0 Å². The highest BCUT2D eigenvalue weighted by atomic mass is 35.5. The second-order valence-electron chi connectivity index (χ2n) is 4.55. The van der Waals surface area contributed by atoms with Crippen molar-refractivity contribution in [2.75, 3.05) is 18.0 Å². The van der Waals surface area contributed by atoms with Crippen molar-refractivity contribution < 1.29 is 0 Å². The van der Waals surface area contributed by atoms with Crippen molar-refractivity contribution in [1.82, 2.24) is 0 Å². The summed E-state index contributed by atoms with van der Waals surface area (Å²) in [7, 11) is 0. The van der Waals surface area contributed by atoms with E-state index < -0.39 is 0 Å². The summed E-state index contributed by atoms with van der Waals surface area (Å²) in [6.45, 7) is 6.13. The van der Waals surface area contributed by atoms with Crippen molar-refractivity contribution in [2.45, 2.75) is 26.1 Å². The van der Waals surface area contributed by atoms with Crippen LogP contribution in [-0.2, 0) is 5.88 Å². The van der Waals surface area contributed by atoms with Gasteiger partial charge >= 0.3 is 0 Å². The normalized spacial score (nSPS) is 10.3. The molecule has 0 aromatic heterocycles. The molecule has 0 heterocycles. The van der Waals surface area contributed by atoms with Gasteiger partial charge in [0.2, 0.25) is 0 Å². The van der Waals surface area contributed by atoms with E-state index in [4.69, 9.17) is 16.9 Å². The lowest BCUT2D eigenvalue weighted by Crippen LogP contribution is -2.28. The first kappa shape index (κ1) is 13.9. The lowest BCUT2D eigenvalue weighted by molar-refractivity contribution is 0.612. The fourth-order valence-corrected chi connectivity index (χ4v) is 1.93. The maximum Gasteiger partial charge on any atom is 0.0640 e. The molecule has 0 amide bonds. The van der Waals surface area contributed by atoms with Crippen LogP contribution in [0.4, 0.5) is 5.69 Å². The number of hydrogen-bond acceptors (Lipinski definition) is 2. The fourth-order valence-electron chi connectivity index (χ4n) is 1.75. The summed E-state index contributed by atoms with van der Waals surface area (Å²) in [6.07, 6.45) is 0.560. The summed E-state index contributed by atoms with van der Waals surface area (Å²) in [6, 6.07) is 10.4. The van der Waals surface area contributed by atoms with Gasteiger partial charge in [0, 0.05) is 24.7 Å². The Labute approximate surface area is 109 Å². The van der Waals surface area contributed by atoms with Crippen LogP contribution in [0.25, 0.3) is 0 Å². The molecule has 0 aliphatic rings. The van der Waals surface area contributed by atoms with Crippen molar-refractivity contribution in [3.63, 3.8) is 0 Å². The van der Waals surface area contributed by atoms with Gasteiger partial charge < -0.3 is 4.90 Å². The molecule has 1 aromatic carbocycles. The Bertz CT molecular complexity index is 365. The zero-order valence-corrected chi connectivity index (χ0v) is 11.2. The highest BCUT2D eigenvalue weighted by Crippen LogP contribution is 2.18. The van der Waals surface area contributed by atoms with E-state index in [1.165, 1.54) is 5.69 Å². The molecule has 0 unspecified atom stereocenters. The summed E-state index contributed by atoms with van der Waals surface area (Å²) < 4.78 is 0. The van der Waals surface area contributed by atoms with Gasteiger partial charge in [-0.05, 0) is 23.6 Å². The number of halogens is 1. The van der Waals surface area contributed by atoms with Crippen LogP contribution in [0.2, 0.25) is 0 Å². The van der Waals surface area contributed by atoms with Crippen LogP contribution in [0.5, 0.6) is 0 Å². The van der Waals surface area contributed by atoms with Crippen LogP contribution in [0.1, 0.15) is 25.8 Å². The van der Waals surface area contributed by atoms with Crippen LogP contribution in [-0.4, -0.2) is 13.1 Å². The molecule has 0 aliphatic carbocycles. The Morgan fingerprint density at radius 2 is 1.94 bits per heavy atom. The molecule has 0 spiro atoms. The second kappa shape index (κ2) is 7.19. The minimum atomic E-state index is 0.544. The third-order valence-electron chi connectivity index (χ3n) is 2.53. The molecule has 0 saturated heterocycles. The van der Waals surface area contributed by atoms with Crippen molar-refractivity contribution in [1.29, 1.82) is 5.26 Å². The number of benzene rings is 1. The van der Waals surface area contributed by atoms with Gasteiger partial charge in [-0.25, -0.2) is 0 Å². The van der Waals surface area contributed by atoms with E-state index in [2.05, 4.69) is 36.9 Å². The summed E-state index contributed by atoms with van der Waals surface area (Å²) >= 11 is 5.77. The number of alkyl halides is 1. The summed E-state index contributed by atoms with van der Waals surface area (Å²) in [5.74, 6) is 1.13. The van der Waals surface area contributed by atoms with Crippen molar-refractivity contribution in [2.24, 2.45) is 5.92 Å². The Morgan fingerprint density at radius 3 is 2.41 bits per heavy atom. The average molecular weight is 251 g/mol. The maximum atomic E-state index is 8.68. The number of hydrogen-bond donors (Lipinski definition) is 0. The zero-order chi connectivity index (χ0) is 12.7. The Hall–Kier alpha value is -1.20. The van der Waals surface area contributed by atoms with Crippen LogP contribution in [0.3, 0.4) is 0 Å². The Morgan fingerprint density at radius 1 is 1.29 bits per heavy atom. The van der Waals surface area contributed by atoms with Gasteiger partial charge in [-0.1, -0.05) is 26.0 Å². The average Bonchev–Trinajstić information content (AvgIpc) is 2.34. The molecule has 3 heteroatoms. The molecule has 0 atom stereocenters. The van der Waals surface area contributed by atoms with E-state index >= 15 is 0 Å². The monoisotopic (exact) mass is 250 g/mol. The first-order valence-corrected chi connectivity index (χ1v) is 6.47. The minimum absolute atomic E-state index is 0.544. The highest BCUT2D eigenvalue weighted by Gasteiger charge is 2.08. The summed E-state index contributed by atoms with van der Waals surface area (Å²) in [4.78, 5) is 2.26. The molecule has 1 rings (SSSR count). The number of nitrogens with zero attached hydrogens (tertiary/aromatic N) is 2. The van der Waals surface area contributed by atoms with Gasteiger partial charge in [0.1, 0.15) is 0 Å². The van der Waals surface area contributed by atoms with Crippen molar-refractivity contribution in [3.8, 4) is 6.07 Å². The maximum absolute atomic E-state index is 8.68. The molecule has 2 nitrogen and oxygen atoms in total. The van der Waals surface area contributed by atoms with Crippen LogP contribution in [0, 0.1) is 17.2 Å². The van der Waals surface area contributed by atoms with E-state index in [1.807, 2.05) is 12.1 Å².